The van der Waals surface area contributed by atoms with Crippen molar-refractivity contribution >= 4 is 5.78 Å². The number of rotatable bonds is 5. The fourth-order valence-corrected chi connectivity index (χ4v) is 3.43. The summed E-state index contributed by atoms with van der Waals surface area (Å²) in [5.74, 6) is -0.800. The average molecular weight is 341 g/mol. The zero-order valence-electron chi connectivity index (χ0n) is 14.4. The topological polar surface area (TPSA) is 63.0 Å². The molecule has 1 N–H and O–H groups in total. The predicted molar refractivity (Wildman–Crippen MR) is 93.2 cm³/mol. The number of carbonyl (C=O) groups excluding carboxylic acids is 1. The normalized spacial score (nSPS) is 29.3. The van der Waals surface area contributed by atoms with Gasteiger partial charge in [0, 0.05) is 0 Å². The van der Waals surface area contributed by atoms with Crippen molar-refractivity contribution in [3.05, 3.63) is 77.0 Å². The molecule has 5 heteroatoms. The van der Waals surface area contributed by atoms with Gasteiger partial charge in [-0.25, -0.2) is 5.23 Å². The second kappa shape index (κ2) is 7.89. The van der Waals surface area contributed by atoms with E-state index in [1.165, 1.54) is 6.92 Å². The summed E-state index contributed by atoms with van der Waals surface area (Å²) < 4.78 is 5.85. The van der Waals surface area contributed by atoms with Crippen LogP contribution in [0.3, 0.4) is 0 Å². The second-order valence-corrected chi connectivity index (χ2v) is 6.46. The highest BCUT2D eigenvalue weighted by atomic mass is 16.9. The van der Waals surface area contributed by atoms with Gasteiger partial charge in [-0.3, -0.25) is 4.79 Å². The third kappa shape index (κ3) is 3.96. The summed E-state index contributed by atoms with van der Waals surface area (Å²) >= 11 is 0. The smallest absolute Gasteiger partial charge is 0.226 e. The summed E-state index contributed by atoms with van der Waals surface area (Å²) in [7, 11) is 0. The van der Waals surface area contributed by atoms with Gasteiger partial charge in [-0.2, -0.15) is 4.84 Å². The van der Waals surface area contributed by atoms with E-state index >= 15 is 0 Å². The maximum Gasteiger partial charge on any atom is 0.226 e. The van der Waals surface area contributed by atoms with Gasteiger partial charge in [0.05, 0.1) is 18.4 Å². The summed E-state index contributed by atoms with van der Waals surface area (Å²) in [6, 6.07) is 18.9. The van der Waals surface area contributed by atoms with E-state index in [2.05, 4.69) is 0 Å². The number of ether oxygens (including phenoxy) is 1. The predicted octanol–water partition coefficient (Wildman–Crippen LogP) is 2.23. The molecule has 5 nitrogen and oxygen atoms in total. The summed E-state index contributed by atoms with van der Waals surface area (Å²) in [6.45, 7) is 3.63. The van der Waals surface area contributed by atoms with Crippen molar-refractivity contribution in [3.63, 3.8) is 0 Å². The second-order valence-electron chi connectivity index (χ2n) is 6.46. The average Bonchev–Trinajstić information content (AvgIpc) is 2.63. The molecule has 5 unspecified atom stereocenters. The van der Waals surface area contributed by atoms with E-state index in [0.29, 0.717) is 6.61 Å². The first-order valence-corrected chi connectivity index (χ1v) is 8.49. The minimum atomic E-state index is -0.869. The third-order valence-electron chi connectivity index (χ3n) is 4.73. The van der Waals surface area contributed by atoms with Crippen LogP contribution in [0.1, 0.15) is 30.9 Å². The van der Waals surface area contributed by atoms with Crippen molar-refractivity contribution in [1.29, 1.82) is 0 Å². The van der Waals surface area contributed by atoms with E-state index in [0.717, 1.165) is 11.1 Å². The lowest BCUT2D eigenvalue weighted by Gasteiger charge is -2.44. The molecule has 132 valence electrons. The molecule has 5 atom stereocenters. The van der Waals surface area contributed by atoms with Crippen molar-refractivity contribution < 1.29 is 19.6 Å². The van der Waals surface area contributed by atoms with Gasteiger partial charge >= 0.3 is 0 Å². The van der Waals surface area contributed by atoms with E-state index in [1.807, 2.05) is 67.6 Å². The fourth-order valence-electron chi connectivity index (χ4n) is 3.43. The standard InChI is InChI=1S/C20H23NO4/c1-14-18(17-11-7-4-8-12-17)19(15(2)22)20(25-21(14)23)24-13-16-9-5-3-6-10-16/h3-12,14,18-21H,13H2,1-2H3. The lowest BCUT2D eigenvalue weighted by atomic mass is 9.78. The Kier molecular flexibility index (Phi) is 5.60. The Morgan fingerprint density at radius 2 is 1.72 bits per heavy atom. The first-order valence-electron chi connectivity index (χ1n) is 8.49. The number of hydrogen-bond acceptors (Lipinski definition) is 4. The molecule has 1 aliphatic heterocycles. The van der Waals surface area contributed by atoms with E-state index < -0.39 is 18.2 Å². The molecular weight excluding hydrogens is 318 g/mol. The highest BCUT2D eigenvalue weighted by Gasteiger charge is 2.47. The van der Waals surface area contributed by atoms with Crippen molar-refractivity contribution in [2.45, 2.75) is 38.7 Å². The van der Waals surface area contributed by atoms with Crippen LogP contribution in [-0.4, -0.2) is 18.1 Å². The van der Waals surface area contributed by atoms with Crippen molar-refractivity contribution in [3.8, 4) is 0 Å². The molecule has 25 heavy (non-hydrogen) atoms. The first kappa shape index (κ1) is 17.8. The quantitative estimate of drug-likeness (QED) is 0.847. The fraction of sp³-hybridized carbons (Fsp3) is 0.350. The van der Waals surface area contributed by atoms with Crippen molar-refractivity contribution in [2.24, 2.45) is 5.92 Å². The number of hydroxylamine groups is 2. The summed E-state index contributed by atoms with van der Waals surface area (Å²) in [4.78, 5) is 17.8. The van der Waals surface area contributed by atoms with Crippen LogP contribution < -0.4 is 5.23 Å². The summed E-state index contributed by atoms with van der Waals surface area (Å²) in [5, 5.41) is 12.0. The maximum absolute atomic E-state index is 12.4. The number of Topliss-reactive ketones (excluding diaryl/α,β-unsaturated/α-hetero) is 1. The zero-order valence-corrected chi connectivity index (χ0v) is 14.4. The SMILES string of the molecule is CC(=O)C1C(OCc2ccccc2)O[NH+]([O-])C(C)C1c1ccccc1. The van der Waals surface area contributed by atoms with Crippen LogP contribution in [0.2, 0.25) is 0 Å². The number of carbonyl (C=O) groups is 1. The molecule has 0 aromatic heterocycles. The molecule has 1 fully saturated rings. The van der Waals surface area contributed by atoms with Gasteiger partial charge in [0.1, 0.15) is 11.8 Å². The number of benzene rings is 2. The molecule has 2 aromatic rings. The maximum atomic E-state index is 12.4. The molecule has 3 rings (SSSR count). The Morgan fingerprint density at radius 1 is 1.12 bits per heavy atom. The van der Waals surface area contributed by atoms with Crippen LogP contribution in [0.15, 0.2) is 60.7 Å². The van der Waals surface area contributed by atoms with Crippen LogP contribution in [0.4, 0.5) is 0 Å². The zero-order chi connectivity index (χ0) is 17.8. The highest BCUT2D eigenvalue weighted by molar-refractivity contribution is 5.80. The molecule has 0 bridgehead atoms. The summed E-state index contributed by atoms with van der Waals surface area (Å²) in [6.07, 6.45) is -0.869. The van der Waals surface area contributed by atoms with Crippen molar-refractivity contribution in [2.75, 3.05) is 0 Å². The van der Waals surface area contributed by atoms with Crippen LogP contribution >= 0.6 is 0 Å². The van der Waals surface area contributed by atoms with Gasteiger partial charge in [0.25, 0.3) is 0 Å². The first-order chi connectivity index (χ1) is 12.1. The molecule has 0 aliphatic carbocycles. The third-order valence-corrected chi connectivity index (χ3v) is 4.73. The lowest BCUT2D eigenvalue weighted by Crippen LogP contribution is -3.13. The Bertz CT molecular complexity index is 691. The molecule has 1 aliphatic rings. The van der Waals surface area contributed by atoms with E-state index in [-0.39, 0.29) is 16.9 Å². The van der Waals surface area contributed by atoms with E-state index in [1.54, 1.807) is 0 Å². The Hall–Kier alpha value is -2.05. The van der Waals surface area contributed by atoms with Gasteiger partial charge < -0.3 is 9.94 Å². The van der Waals surface area contributed by atoms with Crippen LogP contribution in [0.5, 0.6) is 0 Å². The van der Waals surface area contributed by atoms with E-state index in [9.17, 15) is 10.0 Å². The number of hydrogen-bond donors (Lipinski definition) is 1. The minimum absolute atomic E-state index is 0.0359. The molecule has 1 heterocycles. The van der Waals surface area contributed by atoms with Gasteiger partial charge in [-0.05, 0) is 25.0 Å². The van der Waals surface area contributed by atoms with Crippen LogP contribution in [-0.2, 0) is 21.0 Å². The molecule has 0 saturated carbocycles. The molecule has 1 saturated heterocycles. The molecular formula is C20H23NO4. The number of nitrogens with one attached hydrogen (secondary N) is 1. The number of ketones is 1. The van der Waals surface area contributed by atoms with E-state index in [4.69, 9.17) is 9.57 Å². The largest absolute Gasteiger partial charge is 0.600 e. The molecule has 0 radical (unpaired) electrons. The van der Waals surface area contributed by atoms with Gasteiger partial charge in [-0.15, -0.1) is 0 Å². The van der Waals surface area contributed by atoms with Gasteiger partial charge in [0.2, 0.25) is 6.29 Å². The molecule has 0 amide bonds. The summed E-state index contributed by atoms with van der Waals surface area (Å²) in [5.41, 5.74) is 1.93. The van der Waals surface area contributed by atoms with Gasteiger partial charge in [-0.1, -0.05) is 60.7 Å². The lowest BCUT2D eigenvalue weighted by molar-refractivity contribution is -1.09. The van der Waals surface area contributed by atoms with Crippen LogP contribution in [0, 0.1) is 11.1 Å². The Balaban J connectivity index is 1.85. The Labute approximate surface area is 147 Å². The minimum Gasteiger partial charge on any atom is -0.600 e. The monoisotopic (exact) mass is 341 g/mol. The Morgan fingerprint density at radius 3 is 2.32 bits per heavy atom. The van der Waals surface area contributed by atoms with Crippen LogP contribution in [0.25, 0.3) is 0 Å². The molecule has 2 aromatic carbocycles. The van der Waals surface area contributed by atoms with Crippen molar-refractivity contribution in [1.82, 2.24) is 0 Å². The number of quaternary nitrogens is 1. The molecule has 0 spiro atoms. The van der Waals surface area contributed by atoms with Gasteiger partial charge in [0.15, 0.2) is 0 Å². The highest BCUT2D eigenvalue weighted by Crippen LogP contribution is 2.34.